The number of halogens is 2. The molecule has 0 bridgehead atoms. The first-order valence-corrected chi connectivity index (χ1v) is 5.76. The van der Waals surface area contributed by atoms with Crippen LogP contribution in [0.2, 0.25) is 0 Å². The molecule has 1 aromatic rings. The molecule has 84 valence electrons. The van der Waals surface area contributed by atoms with Gasteiger partial charge in [0.15, 0.2) is 10.1 Å². The van der Waals surface area contributed by atoms with Gasteiger partial charge < -0.3 is 4.74 Å². The van der Waals surface area contributed by atoms with Crippen LogP contribution >= 0.6 is 23.2 Å². The highest BCUT2D eigenvalue weighted by atomic mass is 35.5. The van der Waals surface area contributed by atoms with Crippen LogP contribution in [0.4, 0.5) is 0 Å². The predicted octanol–water partition coefficient (Wildman–Crippen LogP) is 2.10. The summed E-state index contributed by atoms with van der Waals surface area (Å²) in [7, 11) is 1.59. The highest BCUT2D eigenvalue weighted by molar-refractivity contribution is 6.61. The molecule has 2 unspecified atom stereocenters. The highest BCUT2D eigenvalue weighted by Gasteiger charge is 2.64. The first kappa shape index (κ1) is 10.4. The van der Waals surface area contributed by atoms with Crippen LogP contribution in [0.5, 0.6) is 5.75 Å². The number of pyridine rings is 1. The largest absolute Gasteiger partial charge is 0.495 e. The number of hydrogen-bond donors (Lipinski definition) is 0. The Balaban J connectivity index is 2.12. The van der Waals surface area contributed by atoms with Crippen LogP contribution in [0.3, 0.4) is 0 Å². The van der Waals surface area contributed by atoms with E-state index in [0.717, 1.165) is 11.1 Å². The summed E-state index contributed by atoms with van der Waals surface area (Å²) in [5.41, 5.74) is 1.97. The van der Waals surface area contributed by atoms with Gasteiger partial charge in [0.1, 0.15) is 5.75 Å². The zero-order chi connectivity index (χ0) is 11.5. The molecule has 0 N–H and O–H groups in total. The molecule has 1 heterocycles. The molecule has 1 aromatic heterocycles. The van der Waals surface area contributed by atoms with E-state index in [1.54, 1.807) is 19.5 Å². The van der Waals surface area contributed by atoms with Crippen molar-refractivity contribution in [3.05, 3.63) is 23.5 Å². The number of nitrogens with zero attached hydrogens (tertiary/aromatic N) is 1. The molecule has 5 heteroatoms. The van der Waals surface area contributed by atoms with E-state index >= 15 is 0 Å². The van der Waals surface area contributed by atoms with Gasteiger partial charge in [-0.15, -0.1) is 0 Å². The maximum Gasteiger partial charge on any atom is 0.183 e. The van der Waals surface area contributed by atoms with Gasteiger partial charge in [-0.1, -0.05) is 23.2 Å². The maximum atomic E-state index is 11.7. The molecular formula is C11H9Cl2NO2. The van der Waals surface area contributed by atoms with Gasteiger partial charge in [-0.05, 0) is 12.0 Å². The minimum absolute atomic E-state index is 0.0842. The van der Waals surface area contributed by atoms with Crippen LogP contribution in [0.1, 0.15) is 17.0 Å². The fraction of sp³-hybridized carbons (Fsp3) is 0.455. The number of hydrogen-bond acceptors (Lipinski definition) is 3. The lowest BCUT2D eigenvalue weighted by atomic mass is 9.72. The summed E-state index contributed by atoms with van der Waals surface area (Å²) in [5, 5.41) is 0. The second-order valence-electron chi connectivity index (χ2n) is 4.19. The number of rotatable bonds is 1. The number of Topliss-reactive ketones (excluding diaryl/α,β-unsaturated/α-hetero) is 1. The Morgan fingerprint density at radius 1 is 1.50 bits per heavy atom. The Labute approximate surface area is 103 Å². The monoisotopic (exact) mass is 257 g/mol. The first-order valence-electron chi connectivity index (χ1n) is 5.00. The Morgan fingerprint density at radius 3 is 2.94 bits per heavy atom. The average Bonchev–Trinajstić information content (AvgIpc) is 2.65. The number of aromatic nitrogens is 1. The van der Waals surface area contributed by atoms with Crippen molar-refractivity contribution < 1.29 is 9.53 Å². The minimum atomic E-state index is -1.27. The molecule has 3 nitrogen and oxygen atoms in total. The molecule has 0 amide bonds. The number of carbonyl (C=O) groups is 1. The number of ketones is 1. The lowest BCUT2D eigenvalue weighted by Gasteiger charge is -2.41. The molecular weight excluding hydrogens is 249 g/mol. The van der Waals surface area contributed by atoms with Gasteiger partial charge in [-0.3, -0.25) is 9.78 Å². The molecule has 0 aromatic carbocycles. The van der Waals surface area contributed by atoms with E-state index in [1.807, 2.05) is 0 Å². The molecule has 1 fully saturated rings. The summed E-state index contributed by atoms with van der Waals surface area (Å²) in [6.07, 6.45) is 4.04. The Hall–Kier alpha value is -0.800. The van der Waals surface area contributed by atoms with Crippen LogP contribution in [0.15, 0.2) is 12.4 Å². The summed E-state index contributed by atoms with van der Waals surface area (Å²) in [6, 6.07) is 0. The van der Waals surface area contributed by atoms with Gasteiger partial charge in [0.25, 0.3) is 0 Å². The van der Waals surface area contributed by atoms with E-state index in [2.05, 4.69) is 4.98 Å². The molecule has 16 heavy (non-hydrogen) atoms. The number of fused-ring (bicyclic) bond motifs is 3. The fourth-order valence-corrected chi connectivity index (χ4v) is 3.52. The predicted molar refractivity (Wildman–Crippen MR) is 60.2 cm³/mol. The third-order valence-electron chi connectivity index (χ3n) is 3.49. The van der Waals surface area contributed by atoms with E-state index in [0.29, 0.717) is 12.2 Å². The average molecular weight is 258 g/mol. The number of ether oxygens (including phenoxy) is 1. The van der Waals surface area contributed by atoms with Crippen molar-refractivity contribution in [1.29, 1.82) is 0 Å². The summed E-state index contributed by atoms with van der Waals surface area (Å²) in [4.78, 5) is 15.8. The van der Waals surface area contributed by atoms with Crippen molar-refractivity contribution in [3.63, 3.8) is 0 Å². The third-order valence-corrected chi connectivity index (χ3v) is 4.33. The first-order chi connectivity index (χ1) is 7.57. The van der Waals surface area contributed by atoms with Crippen molar-refractivity contribution in [2.45, 2.75) is 16.7 Å². The summed E-state index contributed by atoms with van der Waals surface area (Å²) >= 11 is 12.1. The molecule has 2 aliphatic carbocycles. The zero-order valence-corrected chi connectivity index (χ0v) is 10.0. The molecule has 3 rings (SSSR count). The number of alkyl halides is 2. The standard InChI is InChI=1S/C11H9Cl2NO2/c1-16-8-4-14-3-7-5(8)2-6-9(7)11(12,13)10(6)15/h3-4,6,9H,2H2,1H3. The molecule has 0 radical (unpaired) electrons. The Kier molecular flexibility index (Phi) is 2.01. The van der Waals surface area contributed by atoms with Crippen molar-refractivity contribution in [2.75, 3.05) is 7.11 Å². The molecule has 1 saturated carbocycles. The van der Waals surface area contributed by atoms with Crippen LogP contribution in [0, 0.1) is 5.92 Å². The third kappa shape index (κ3) is 1.05. The van der Waals surface area contributed by atoms with Crippen molar-refractivity contribution >= 4 is 29.0 Å². The van der Waals surface area contributed by atoms with Gasteiger partial charge in [0, 0.05) is 23.6 Å². The van der Waals surface area contributed by atoms with E-state index in [-0.39, 0.29) is 17.6 Å². The number of methoxy groups -OCH3 is 1. The minimum Gasteiger partial charge on any atom is -0.495 e. The smallest absolute Gasteiger partial charge is 0.183 e. The lowest BCUT2D eigenvalue weighted by Crippen LogP contribution is -2.52. The molecule has 0 aliphatic heterocycles. The van der Waals surface area contributed by atoms with E-state index in [4.69, 9.17) is 27.9 Å². The van der Waals surface area contributed by atoms with Gasteiger partial charge >= 0.3 is 0 Å². The Morgan fingerprint density at radius 2 is 2.25 bits per heavy atom. The SMILES string of the molecule is COc1cncc2c1CC1C(=O)C(Cl)(Cl)C21. The van der Waals surface area contributed by atoms with Crippen LogP contribution in [-0.4, -0.2) is 22.2 Å². The van der Waals surface area contributed by atoms with Crippen molar-refractivity contribution in [1.82, 2.24) is 4.98 Å². The van der Waals surface area contributed by atoms with E-state index < -0.39 is 4.33 Å². The van der Waals surface area contributed by atoms with Gasteiger partial charge in [0.05, 0.1) is 13.3 Å². The van der Waals surface area contributed by atoms with E-state index in [9.17, 15) is 4.79 Å². The molecule has 0 saturated heterocycles. The quantitative estimate of drug-likeness (QED) is 0.724. The topological polar surface area (TPSA) is 39.2 Å². The van der Waals surface area contributed by atoms with E-state index in [1.165, 1.54) is 0 Å². The fourth-order valence-electron chi connectivity index (χ4n) is 2.70. The van der Waals surface area contributed by atoms with Gasteiger partial charge in [-0.25, -0.2) is 0 Å². The van der Waals surface area contributed by atoms with Gasteiger partial charge in [-0.2, -0.15) is 0 Å². The second-order valence-corrected chi connectivity index (χ2v) is 5.57. The van der Waals surface area contributed by atoms with Crippen LogP contribution in [0.25, 0.3) is 0 Å². The molecule has 0 spiro atoms. The maximum absolute atomic E-state index is 11.7. The van der Waals surface area contributed by atoms with Crippen molar-refractivity contribution in [3.8, 4) is 5.75 Å². The summed E-state index contributed by atoms with van der Waals surface area (Å²) < 4.78 is 3.95. The zero-order valence-electron chi connectivity index (χ0n) is 8.54. The summed E-state index contributed by atoms with van der Waals surface area (Å²) in [5.74, 6) is 0.409. The Bertz CT molecular complexity index is 487. The van der Waals surface area contributed by atoms with Crippen LogP contribution < -0.4 is 4.74 Å². The molecule has 2 aliphatic rings. The van der Waals surface area contributed by atoms with Crippen LogP contribution in [-0.2, 0) is 11.2 Å². The number of carbonyl (C=O) groups excluding carboxylic acids is 1. The van der Waals surface area contributed by atoms with Crippen molar-refractivity contribution in [2.24, 2.45) is 5.92 Å². The van der Waals surface area contributed by atoms with Gasteiger partial charge in [0.2, 0.25) is 0 Å². The molecule has 2 atom stereocenters. The highest BCUT2D eigenvalue weighted by Crippen LogP contribution is 2.60. The normalized spacial score (nSPS) is 29.3. The lowest BCUT2D eigenvalue weighted by molar-refractivity contribution is -0.131. The summed E-state index contributed by atoms with van der Waals surface area (Å²) in [6.45, 7) is 0. The second kappa shape index (κ2) is 3.11.